The molecule has 0 atom stereocenters. The molecule has 0 saturated carbocycles. The van der Waals surface area contributed by atoms with Gasteiger partial charge in [-0.15, -0.1) is 11.3 Å². The van der Waals surface area contributed by atoms with Crippen LogP contribution < -0.4 is 5.32 Å². The molecule has 0 radical (unpaired) electrons. The van der Waals surface area contributed by atoms with E-state index in [0.717, 1.165) is 26.4 Å². The highest BCUT2D eigenvalue weighted by Crippen LogP contribution is 2.28. The van der Waals surface area contributed by atoms with Crippen LogP contribution in [0.3, 0.4) is 0 Å². The van der Waals surface area contributed by atoms with E-state index in [9.17, 15) is 9.59 Å². The molecular formula is C21H25N5O2S. The normalized spacial score (nSPS) is 15.0. The van der Waals surface area contributed by atoms with E-state index < -0.39 is 0 Å². The summed E-state index contributed by atoms with van der Waals surface area (Å²) in [7, 11) is 1.90. The number of fused-ring (bicyclic) bond motifs is 1. The molecule has 1 fully saturated rings. The first-order valence-corrected chi connectivity index (χ1v) is 10.6. The number of nitrogens with zero attached hydrogens (tertiary/aromatic N) is 4. The SMILES string of the molecule is Cc1nn(C)c2sc(C(=O)N3CCN(CC(=O)NCc4ccccc4)CC3)cc12. The van der Waals surface area contributed by atoms with Crippen molar-refractivity contribution in [2.24, 2.45) is 7.05 Å². The predicted molar refractivity (Wildman–Crippen MR) is 114 cm³/mol. The molecule has 0 unspecified atom stereocenters. The average Bonchev–Trinajstić information content (AvgIpc) is 3.29. The van der Waals surface area contributed by atoms with E-state index in [1.165, 1.54) is 11.3 Å². The number of nitrogens with one attached hydrogen (secondary N) is 1. The van der Waals surface area contributed by atoms with Gasteiger partial charge in [0.2, 0.25) is 5.91 Å². The molecule has 1 aliphatic heterocycles. The predicted octanol–water partition coefficient (Wildman–Crippen LogP) is 2.02. The maximum absolute atomic E-state index is 12.9. The summed E-state index contributed by atoms with van der Waals surface area (Å²) >= 11 is 1.49. The molecule has 1 aromatic carbocycles. The Morgan fingerprint density at radius 2 is 1.86 bits per heavy atom. The summed E-state index contributed by atoms with van der Waals surface area (Å²) in [4.78, 5) is 30.9. The number of carbonyl (C=O) groups excluding carboxylic acids is 2. The average molecular weight is 412 g/mol. The van der Waals surface area contributed by atoms with Crippen LogP contribution in [-0.4, -0.2) is 64.1 Å². The van der Waals surface area contributed by atoms with E-state index in [-0.39, 0.29) is 11.8 Å². The summed E-state index contributed by atoms with van der Waals surface area (Å²) < 4.78 is 1.83. The highest BCUT2D eigenvalue weighted by Gasteiger charge is 2.25. The van der Waals surface area contributed by atoms with Gasteiger partial charge in [-0.2, -0.15) is 5.10 Å². The molecule has 3 aromatic rings. The summed E-state index contributed by atoms with van der Waals surface area (Å²) in [6, 6.07) is 11.8. The van der Waals surface area contributed by atoms with Crippen molar-refractivity contribution in [1.29, 1.82) is 0 Å². The number of hydrogen-bond acceptors (Lipinski definition) is 5. The van der Waals surface area contributed by atoms with E-state index in [1.807, 2.05) is 60.0 Å². The quantitative estimate of drug-likeness (QED) is 0.697. The van der Waals surface area contributed by atoms with Gasteiger partial charge in [0.25, 0.3) is 5.91 Å². The number of hydrogen-bond donors (Lipinski definition) is 1. The summed E-state index contributed by atoms with van der Waals surface area (Å²) in [5, 5.41) is 8.40. The van der Waals surface area contributed by atoms with Crippen LogP contribution >= 0.6 is 11.3 Å². The van der Waals surface area contributed by atoms with Crippen molar-refractivity contribution in [3.05, 3.63) is 52.5 Å². The first kappa shape index (κ1) is 19.6. The van der Waals surface area contributed by atoms with Gasteiger partial charge in [0.05, 0.1) is 17.1 Å². The van der Waals surface area contributed by atoms with E-state index in [4.69, 9.17) is 0 Å². The Hall–Kier alpha value is -2.71. The Balaban J connectivity index is 1.27. The minimum absolute atomic E-state index is 0.0149. The van der Waals surface area contributed by atoms with Crippen LogP contribution in [0.1, 0.15) is 20.9 Å². The first-order valence-electron chi connectivity index (χ1n) is 9.76. The molecule has 0 bridgehead atoms. The fourth-order valence-corrected chi connectivity index (χ4v) is 4.72. The maximum atomic E-state index is 12.9. The third-order valence-electron chi connectivity index (χ3n) is 5.27. The van der Waals surface area contributed by atoms with Gasteiger partial charge in [-0.25, -0.2) is 0 Å². The highest BCUT2D eigenvalue weighted by molar-refractivity contribution is 7.20. The Kier molecular flexibility index (Phi) is 5.64. The van der Waals surface area contributed by atoms with Crippen molar-refractivity contribution in [2.45, 2.75) is 13.5 Å². The monoisotopic (exact) mass is 411 g/mol. The Labute approximate surface area is 173 Å². The molecular weight excluding hydrogens is 386 g/mol. The smallest absolute Gasteiger partial charge is 0.264 e. The number of amides is 2. The third kappa shape index (κ3) is 4.33. The van der Waals surface area contributed by atoms with E-state index in [1.54, 1.807) is 0 Å². The minimum atomic E-state index is 0.0149. The van der Waals surface area contributed by atoms with Gasteiger partial charge >= 0.3 is 0 Å². The molecule has 1 saturated heterocycles. The Morgan fingerprint density at radius 3 is 2.55 bits per heavy atom. The minimum Gasteiger partial charge on any atom is -0.351 e. The van der Waals surface area contributed by atoms with Gasteiger partial charge in [-0.05, 0) is 18.6 Å². The molecule has 7 nitrogen and oxygen atoms in total. The van der Waals surface area contributed by atoms with Crippen molar-refractivity contribution < 1.29 is 9.59 Å². The summed E-state index contributed by atoms with van der Waals surface area (Å²) in [6.07, 6.45) is 0. The van der Waals surface area contributed by atoms with Crippen LogP contribution in [0.25, 0.3) is 10.2 Å². The first-order chi connectivity index (χ1) is 14.0. The molecule has 1 aliphatic rings. The van der Waals surface area contributed by atoms with Gasteiger partial charge < -0.3 is 10.2 Å². The number of aryl methyl sites for hydroxylation is 2. The Morgan fingerprint density at radius 1 is 1.14 bits per heavy atom. The zero-order valence-electron chi connectivity index (χ0n) is 16.7. The molecule has 2 aromatic heterocycles. The fourth-order valence-electron chi connectivity index (χ4n) is 3.63. The van der Waals surface area contributed by atoms with Crippen LogP contribution in [0, 0.1) is 6.92 Å². The van der Waals surface area contributed by atoms with Crippen molar-refractivity contribution >= 4 is 33.4 Å². The molecule has 8 heteroatoms. The van der Waals surface area contributed by atoms with E-state index in [0.29, 0.717) is 39.3 Å². The van der Waals surface area contributed by atoms with Crippen LogP contribution in [0.15, 0.2) is 36.4 Å². The van der Waals surface area contributed by atoms with E-state index >= 15 is 0 Å². The fraction of sp³-hybridized carbons (Fsp3) is 0.381. The van der Waals surface area contributed by atoms with Crippen molar-refractivity contribution in [2.75, 3.05) is 32.7 Å². The lowest BCUT2D eigenvalue weighted by Gasteiger charge is -2.34. The van der Waals surface area contributed by atoms with Gasteiger partial charge in [0, 0.05) is 45.2 Å². The molecule has 152 valence electrons. The lowest BCUT2D eigenvalue weighted by atomic mass is 10.2. The van der Waals surface area contributed by atoms with Gasteiger partial charge in [0.15, 0.2) is 0 Å². The van der Waals surface area contributed by atoms with E-state index in [2.05, 4.69) is 15.3 Å². The lowest BCUT2D eigenvalue weighted by Crippen LogP contribution is -2.51. The summed E-state index contributed by atoms with van der Waals surface area (Å²) in [5.74, 6) is 0.0832. The largest absolute Gasteiger partial charge is 0.351 e. The van der Waals surface area contributed by atoms with Gasteiger partial charge in [0.1, 0.15) is 4.83 Å². The third-order valence-corrected chi connectivity index (χ3v) is 6.46. The number of carbonyl (C=O) groups is 2. The number of benzene rings is 1. The van der Waals surface area contributed by atoms with Crippen molar-refractivity contribution in [3.8, 4) is 0 Å². The van der Waals surface area contributed by atoms with Gasteiger partial charge in [-0.3, -0.25) is 19.2 Å². The topological polar surface area (TPSA) is 70.5 Å². The summed E-state index contributed by atoms with van der Waals surface area (Å²) in [6.45, 7) is 5.55. The number of rotatable bonds is 5. The standard InChI is InChI=1S/C21H25N5O2S/c1-15-17-12-18(29-21(17)24(2)23-15)20(28)26-10-8-25(9-11-26)14-19(27)22-13-16-6-4-3-5-7-16/h3-7,12H,8-11,13-14H2,1-2H3,(H,22,27). The summed E-state index contributed by atoms with van der Waals surface area (Å²) in [5.41, 5.74) is 2.04. The van der Waals surface area contributed by atoms with Crippen molar-refractivity contribution in [3.63, 3.8) is 0 Å². The number of piperazine rings is 1. The second-order valence-corrected chi connectivity index (χ2v) is 8.40. The Bertz CT molecular complexity index is 984. The van der Waals surface area contributed by atoms with Crippen LogP contribution in [0.4, 0.5) is 0 Å². The highest BCUT2D eigenvalue weighted by atomic mass is 32.1. The zero-order valence-corrected chi connectivity index (χ0v) is 17.5. The second-order valence-electron chi connectivity index (χ2n) is 7.37. The maximum Gasteiger partial charge on any atom is 0.264 e. The molecule has 2 amide bonds. The van der Waals surface area contributed by atoms with Crippen molar-refractivity contribution in [1.82, 2.24) is 24.9 Å². The molecule has 0 spiro atoms. The van der Waals surface area contributed by atoms with Crippen LogP contribution in [0.2, 0.25) is 0 Å². The number of aromatic nitrogens is 2. The molecule has 4 rings (SSSR count). The van der Waals surface area contributed by atoms with Gasteiger partial charge in [-0.1, -0.05) is 30.3 Å². The zero-order chi connectivity index (χ0) is 20.4. The molecule has 3 heterocycles. The molecule has 1 N–H and O–H groups in total. The second kappa shape index (κ2) is 8.34. The number of thiophene rings is 1. The molecule has 29 heavy (non-hydrogen) atoms. The van der Waals surface area contributed by atoms with Crippen LogP contribution in [0.5, 0.6) is 0 Å². The van der Waals surface area contributed by atoms with Crippen LogP contribution in [-0.2, 0) is 18.4 Å². The lowest BCUT2D eigenvalue weighted by molar-refractivity contribution is -0.122. The molecule has 0 aliphatic carbocycles.